The summed E-state index contributed by atoms with van der Waals surface area (Å²) < 4.78 is 18.9. The van der Waals surface area contributed by atoms with Gasteiger partial charge in [-0.15, -0.1) is 11.3 Å². The van der Waals surface area contributed by atoms with E-state index in [4.69, 9.17) is 24.3 Å². The van der Waals surface area contributed by atoms with E-state index >= 15 is 0 Å². The van der Waals surface area contributed by atoms with Gasteiger partial charge in [0.1, 0.15) is 18.1 Å². The zero-order valence-corrected chi connectivity index (χ0v) is 14.2. The Kier molecular flexibility index (Phi) is 3.64. The molecule has 0 amide bonds. The molecule has 5 rings (SSSR count). The average molecular weight is 356 g/mol. The van der Waals surface area contributed by atoms with Crippen LogP contribution in [-0.2, 0) is 4.74 Å². The number of rotatable bonds is 3. The summed E-state index contributed by atoms with van der Waals surface area (Å²) in [5, 5.41) is 6.73. The zero-order chi connectivity index (χ0) is 16.6. The lowest BCUT2D eigenvalue weighted by molar-refractivity contribution is 0.174. The third-order valence-electron chi connectivity index (χ3n) is 4.31. The summed E-state index contributed by atoms with van der Waals surface area (Å²) in [6.45, 7) is 2.54. The van der Waals surface area contributed by atoms with E-state index in [9.17, 15) is 0 Å². The van der Waals surface area contributed by atoms with Gasteiger partial charge < -0.3 is 14.2 Å². The maximum Gasteiger partial charge on any atom is 0.183 e. The Morgan fingerprint density at radius 3 is 3.00 bits per heavy atom. The lowest BCUT2D eigenvalue weighted by atomic mass is 10.1. The second-order valence-electron chi connectivity index (χ2n) is 5.93. The molecule has 1 fully saturated rings. The first-order valence-electron chi connectivity index (χ1n) is 8.23. The summed E-state index contributed by atoms with van der Waals surface area (Å²) in [6, 6.07) is 3.86. The fourth-order valence-electron chi connectivity index (χ4n) is 3.06. The molecule has 1 atom stereocenters. The van der Waals surface area contributed by atoms with Crippen LogP contribution in [0.5, 0.6) is 11.5 Å². The van der Waals surface area contributed by atoms with E-state index in [0.717, 1.165) is 46.7 Å². The molecule has 0 aliphatic carbocycles. The van der Waals surface area contributed by atoms with Crippen molar-refractivity contribution >= 4 is 11.3 Å². The predicted molar refractivity (Wildman–Crippen MR) is 91.6 cm³/mol. The van der Waals surface area contributed by atoms with E-state index in [1.165, 1.54) is 0 Å². The van der Waals surface area contributed by atoms with Gasteiger partial charge in [-0.25, -0.2) is 9.67 Å². The van der Waals surface area contributed by atoms with Crippen LogP contribution >= 0.6 is 11.3 Å². The summed E-state index contributed by atoms with van der Waals surface area (Å²) in [7, 11) is 0. The molecule has 128 valence electrons. The van der Waals surface area contributed by atoms with Gasteiger partial charge in [-0.2, -0.15) is 5.10 Å². The molecule has 0 N–H and O–H groups in total. The van der Waals surface area contributed by atoms with Crippen molar-refractivity contribution in [3.05, 3.63) is 35.7 Å². The lowest BCUT2D eigenvalue weighted by Gasteiger charge is -2.15. The first-order valence-corrected chi connectivity index (χ1v) is 9.10. The van der Waals surface area contributed by atoms with Gasteiger partial charge in [-0.1, -0.05) is 0 Å². The van der Waals surface area contributed by atoms with Gasteiger partial charge in [0.25, 0.3) is 0 Å². The Bertz CT molecular complexity index is 887. The highest BCUT2D eigenvalue weighted by Crippen LogP contribution is 2.45. The molecule has 8 heteroatoms. The number of hydrogen-bond donors (Lipinski definition) is 0. The summed E-state index contributed by atoms with van der Waals surface area (Å²) in [4.78, 5) is 9.98. The van der Waals surface area contributed by atoms with E-state index in [2.05, 4.69) is 4.98 Å². The predicted octanol–water partition coefficient (Wildman–Crippen LogP) is 2.67. The highest BCUT2D eigenvalue weighted by molar-refractivity contribution is 7.14. The van der Waals surface area contributed by atoms with Crippen LogP contribution in [0, 0.1) is 0 Å². The minimum absolute atomic E-state index is 0.227. The van der Waals surface area contributed by atoms with Gasteiger partial charge in [0.2, 0.25) is 0 Å². The molecule has 1 unspecified atom stereocenters. The van der Waals surface area contributed by atoms with Crippen molar-refractivity contribution in [2.24, 2.45) is 0 Å². The molecular weight excluding hydrogens is 340 g/mol. The molecule has 7 nitrogen and oxygen atoms in total. The first kappa shape index (κ1) is 14.9. The largest absolute Gasteiger partial charge is 0.485 e. The molecule has 3 aromatic rings. The van der Waals surface area contributed by atoms with Crippen molar-refractivity contribution in [2.45, 2.75) is 12.3 Å². The van der Waals surface area contributed by atoms with Crippen molar-refractivity contribution in [1.82, 2.24) is 19.7 Å². The van der Waals surface area contributed by atoms with Crippen molar-refractivity contribution in [2.75, 3.05) is 26.4 Å². The van der Waals surface area contributed by atoms with Crippen molar-refractivity contribution in [1.29, 1.82) is 0 Å². The first-order chi connectivity index (χ1) is 12.4. The van der Waals surface area contributed by atoms with Crippen molar-refractivity contribution in [3.63, 3.8) is 0 Å². The quantitative estimate of drug-likeness (QED) is 0.718. The third kappa shape index (κ3) is 2.58. The normalized spacial score (nSPS) is 19.3. The Morgan fingerprint density at radius 2 is 2.16 bits per heavy atom. The molecule has 1 saturated heterocycles. The standard InChI is InChI=1S/C17H16N4O3S/c1-2-12(8-18-4-1)21-17(19-16(20-21)11-3-5-22-9-11)15-14-13(10-25-15)23-6-7-24-14/h1-2,4,8,10-11H,3,5-7,9H2. The van der Waals surface area contributed by atoms with Crippen LogP contribution in [0.4, 0.5) is 0 Å². The fraction of sp³-hybridized carbons (Fsp3) is 0.353. The highest BCUT2D eigenvalue weighted by atomic mass is 32.1. The molecule has 0 bridgehead atoms. The van der Waals surface area contributed by atoms with E-state index in [-0.39, 0.29) is 5.92 Å². The Labute approximate surface area is 148 Å². The van der Waals surface area contributed by atoms with Gasteiger partial charge in [0.15, 0.2) is 23.1 Å². The molecule has 2 aliphatic rings. The number of aromatic nitrogens is 4. The summed E-state index contributed by atoms with van der Waals surface area (Å²) >= 11 is 1.56. The van der Waals surface area contributed by atoms with Gasteiger partial charge in [0.05, 0.1) is 18.5 Å². The monoisotopic (exact) mass is 356 g/mol. The number of ether oxygens (including phenoxy) is 3. The summed E-state index contributed by atoms with van der Waals surface area (Å²) in [5.74, 6) is 3.31. The number of fused-ring (bicyclic) bond motifs is 1. The molecule has 0 aromatic carbocycles. The van der Waals surface area contributed by atoms with Crippen LogP contribution in [-0.4, -0.2) is 46.2 Å². The van der Waals surface area contributed by atoms with E-state index in [1.807, 2.05) is 22.2 Å². The smallest absolute Gasteiger partial charge is 0.183 e. The van der Waals surface area contributed by atoms with Crippen LogP contribution in [0.15, 0.2) is 29.9 Å². The number of pyridine rings is 1. The highest BCUT2D eigenvalue weighted by Gasteiger charge is 2.28. The van der Waals surface area contributed by atoms with Crippen LogP contribution < -0.4 is 9.47 Å². The van der Waals surface area contributed by atoms with Gasteiger partial charge >= 0.3 is 0 Å². The van der Waals surface area contributed by atoms with Crippen molar-refractivity contribution < 1.29 is 14.2 Å². The molecule has 0 radical (unpaired) electrons. The van der Waals surface area contributed by atoms with Crippen LogP contribution in [0.2, 0.25) is 0 Å². The molecule has 25 heavy (non-hydrogen) atoms. The maximum atomic E-state index is 5.84. The van der Waals surface area contributed by atoms with Gasteiger partial charge in [-0.05, 0) is 18.6 Å². The fourth-order valence-corrected chi connectivity index (χ4v) is 3.97. The van der Waals surface area contributed by atoms with Crippen LogP contribution in [0.3, 0.4) is 0 Å². The number of nitrogens with zero attached hydrogens (tertiary/aromatic N) is 4. The molecule has 0 saturated carbocycles. The molecule has 2 aliphatic heterocycles. The minimum Gasteiger partial charge on any atom is -0.485 e. The van der Waals surface area contributed by atoms with E-state index in [0.29, 0.717) is 19.8 Å². The number of hydrogen-bond acceptors (Lipinski definition) is 7. The Morgan fingerprint density at radius 1 is 1.20 bits per heavy atom. The Balaban J connectivity index is 1.65. The van der Waals surface area contributed by atoms with E-state index in [1.54, 1.807) is 23.7 Å². The third-order valence-corrected chi connectivity index (χ3v) is 5.25. The minimum atomic E-state index is 0.227. The number of thiophene rings is 1. The summed E-state index contributed by atoms with van der Waals surface area (Å²) in [5.41, 5.74) is 0.869. The molecule has 3 aromatic heterocycles. The van der Waals surface area contributed by atoms with Gasteiger partial charge in [0, 0.05) is 24.1 Å². The molecular formula is C17H16N4O3S. The SMILES string of the molecule is c1cncc(-n2nc(C3CCOC3)nc2-c2scc3c2OCCO3)c1. The van der Waals surface area contributed by atoms with Crippen LogP contribution in [0.25, 0.3) is 16.4 Å². The summed E-state index contributed by atoms with van der Waals surface area (Å²) in [6.07, 6.45) is 4.47. The maximum absolute atomic E-state index is 5.84. The second kappa shape index (κ2) is 6.12. The zero-order valence-electron chi connectivity index (χ0n) is 13.4. The van der Waals surface area contributed by atoms with E-state index < -0.39 is 0 Å². The van der Waals surface area contributed by atoms with Crippen LogP contribution in [0.1, 0.15) is 18.2 Å². The van der Waals surface area contributed by atoms with Gasteiger partial charge in [-0.3, -0.25) is 4.98 Å². The second-order valence-corrected chi connectivity index (χ2v) is 6.81. The molecule has 5 heterocycles. The Hall–Kier alpha value is -2.45. The average Bonchev–Trinajstić information content (AvgIpc) is 3.40. The lowest BCUT2D eigenvalue weighted by Crippen LogP contribution is -2.14. The topological polar surface area (TPSA) is 71.3 Å². The molecule has 0 spiro atoms. The van der Waals surface area contributed by atoms with Crippen molar-refractivity contribution in [3.8, 4) is 27.9 Å².